The van der Waals surface area contributed by atoms with E-state index in [0.29, 0.717) is 6.54 Å². The maximum absolute atomic E-state index is 12.3. The molecule has 184 valence electrons. The van der Waals surface area contributed by atoms with Crippen LogP contribution in [-0.4, -0.2) is 48.6 Å². The van der Waals surface area contributed by atoms with E-state index in [1.54, 1.807) is 19.3 Å². The molecule has 3 heterocycles. The molecule has 1 aromatic carbocycles. The summed E-state index contributed by atoms with van der Waals surface area (Å²) >= 11 is 0. The molecule has 1 aliphatic carbocycles. The van der Waals surface area contributed by atoms with Gasteiger partial charge in [0.15, 0.2) is 5.82 Å². The van der Waals surface area contributed by atoms with Crippen molar-refractivity contribution in [3.63, 3.8) is 0 Å². The van der Waals surface area contributed by atoms with E-state index in [0.717, 1.165) is 53.6 Å². The summed E-state index contributed by atoms with van der Waals surface area (Å²) in [6.45, 7) is 9.37. The first-order chi connectivity index (χ1) is 16.7. The lowest BCUT2D eigenvalue weighted by Crippen LogP contribution is -2.34. The average molecular weight is 477 g/mol. The third kappa shape index (κ3) is 5.23. The topological polar surface area (TPSA) is 94.3 Å². The highest BCUT2D eigenvalue weighted by molar-refractivity contribution is 5.75. The molecule has 0 radical (unpaired) electrons. The monoisotopic (exact) mass is 476 g/mol. The fraction of sp³-hybridized carbons (Fsp3) is 0.462. The maximum atomic E-state index is 12.3. The summed E-state index contributed by atoms with van der Waals surface area (Å²) in [5.74, 6) is 1.63. The zero-order valence-corrected chi connectivity index (χ0v) is 20.7. The van der Waals surface area contributed by atoms with Crippen molar-refractivity contribution in [2.24, 2.45) is 5.92 Å². The molecule has 5 rings (SSSR count). The first-order valence-electron chi connectivity index (χ1n) is 12.2. The molecular formula is C26H32N6O3. The predicted molar refractivity (Wildman–Crippen MR) is 132 cm³/mol. The molecule has 1 saturated carbocycles. The summed E-state index contributed by atoms with van der Waals surface area (Å²) in [5, 5.41) is 12.5. The summed E-state index contributed by atoms with van der Waals surface area (Å²) in [6, 6.07) is 7.93. The van der Waals surface area contributed by atoms with E-state index in [4.69, 9.17) is 9.84 Å². The Balaban J connectivity index is 1.33. The van der Waals surface area contributed by atoms with Gasteiger partial charge in [0.1, 0.15) is 5.60 Å². The Hall–Kier alpha value is -3.62. The summed E-state index contributed by atoms with van der Waals surface area (Å²) in [4.78, 5) is 26.1. The number of hydrogen-bond donors (Lipinski definition) is 1. The maximum Gasteiger partial charge on any atom is 0.435 e. The Labute approximate surface area is 205 Å². The molecule has 35 heavy (non-hydrogen) atoms. The number of nitrogens with zero attached hydrogens (tertiary/aromatic N) is 5. The van der Waals surface area contributed by atoms with Crippen molar-refractivity contribution < 1.29 is 14.3 Å². The van der Waals surface area contributed by atoms with Gasteiger partial charge in [-0.1, -0.05) is 12.1 Å². The number of anilines is 2. The standard InChI is InChI=1S/C26H32N6O3/c1-17(33)30-12-11-23-22(16-30)24(29-31(23)14-18-5-6-18)28-21-9-7-19(8-10-21)20-13-27-32(15-20)25(34)35-26(2,3)4/h7-10,13,15,18H,5-6,11-12,14,16H2,1-4H3,(H,28,29). The van der Waals surface area contributed by atoms with Crippen LogP contribution in [0.1, 0.15) is 51.8 Å². The fourth-order valence-electron chi connectivity index (χ4n) is 4.32. The minimum Gasteiger partial charge on any atom is -0.442 e. The van der Waals surface area contributed by atoms with Crippen LogP contribution < -0.4 is 5.32 Å². The van der Waals surface area contributed by atoms with Gasteiger partial charge in [0, 0.05) is 55.1 Å². The zero-order chi connectivity index (χ0) is 24.7. The van der Waals surface area contributed by atoms with Gasteiger partial charge >= 0.3 is 6.09 Å². The van der Waals surface area contributed by atoms with Crippen molar-refractivity contribution >= 4 is 23.5 Å². The van der Waals surface area contributed by atoms with Gasteiger partial charge in [-0.05, 0) is 57.2 Å². The number of carbonyl (C=O) groups excluding carboxylic acids is 2. The first-order valence-corrected chi connectivity index (χ1v) is 12.2. The van der Waals surface area contributed by atoms with Crippen molar-refractivity contribution in [3.8, 4) is 11.1 Å². The molecule has 2 aliphatic rings. The van der Waals surface area contributed by atoms with Crippen molar-refractivity contribution in [2.75, 3.05) is 11.9 Å². The molecular weight excluding hydrogens is 444 g/mol. The highest BCUT2D eigenvalue weighted by Crippen LogP contribution is 2.34. The van der Waals surface area contributed by atoms with Crippen LogP contribution in [-0.2, 0) is 29.0 Å². The molecule has 0 unspecified atom stereocenters. The Morgan fingerprint density at radius 1 is 1.14 bits per heavy atom. The average Bonchev–Trinajstić information content (AvgIpc) is 3.36. The number of amides is 1. The zero-order valence-electron chi connectivity index (χ0n) is 20.7. The van der Waals surface area contributed by atoms with Crippen molar-refractivity contribution in [1.82, 2.24) is 24.5 Å². The number of rotatable bonds is 5. The number of carbonyl (C=O) groups is 2. The summed E-state index contributed by atoms with van der Waals surface area (Å²) < 4.78 is 8.73. The van der Waals surface area contributed by atoms with E-state index in [-0.39, 0.29) is 5.91 Å². The van der Waals surface area contributed by atoms with E-state index >= 15 is 0 Å². The van der Waals surface area contributed by atoms with E-state index in [1.165, 1.54) is 23.2 Å². The molecule has 1 fully saturated rings. The first kappa shape index (κ1) is 23.1. The number of aromatic nitrogens is 4. The second-order valence-corrected chi connectivity index (χ2v) is 10.4. The van der Waals surface area contributed by atoms with Crippen molar-refractivity contribution in [1.29, 1.82) is 0 Å². The van der Waals surface area contributed by atoms with Crippen LogP contribution in [0, 0.1) is 5.92 Å². The lowest BCUT2D eigenvalue weighted by atomic mass is 10.1. The lowest BCUT2D eigenvalue weighted by molar-refractivity contribution is -0.129. The summed E-state index contributed by atoms with van der Waals surface area (Å²) in [6.07, 6.45) is 6.18. The molecule has 3 aromatic rings. The van der Waals surface area contributed by atoms with Crippen LogP contribution in [0.3, 0.4) is 0 Å². The molecule has 1 aliphatic heterocycles. The molecule has 2 aromatic heterocycles. The van der Waals surface area contributed by atoms with Gasteiger partial charge in [0.2, 0.25) is 5.91 Å². The molecule has 9 heteroatoms. The molecule has 0 bridgehead atoms. The number of benzene rings is 1. The summed E-state index contributed by atoms with van der Waals surface area (Å²) in [5.41, 5.74) is 4.44. The molecule has 9 nitrogen and oxygen atoms in total. The minimum absolute atomic E-state index is 0.0906. The number of fused-ring (bicyclic) bond motifs is 1. The van der Waals surface area contributed by atoms with E-state index < -0.39 is 11.7 Å². The van der Waals surface area contributed by atoms with Crippen molar-refractivity contribution in [2.45, 2.75) is 65.6 Å². The highest BCUT2D eigenvalue weighted by atomic mass is 16.6. The Morgan fingerprint density at radius 2 is 1.89 bits per heavy atom. The molecule has 0 saturated heterocycles. The van der Waals surface area contributed by atoms with Crippen LogP contribution in [0.25, 0.3) is 11.1 Å². The van der Waals surface area contributed by atoms with Crippen molar-refractivity contribution in [3.05, 3.63) is 47.9 Å². The van der Waals surface area contributed by atoms with Gasteiger partial charge in [-0.3, -0.25) is 9.48 Å². The number of hydrogen-bond acceptors (Lipinski definition) is 6. The molecule has 0 spiro atoms. The second kappa shape index (κ2) is 8.87. The number of nitrogens with one attached hydrogen (secondary N) is 1. The lowest BCUT2D eigenvalue weighted by Gasteiger charge is -2.26. The fourth-order valence-corrected chi connectivity index (χ4v) is 4.32. The van der Waals surface area contributed by atoms with Gasteiger partial charge in [-0.2, -0.15) is 14.9 Å². The predicted octanol–water partition coefficient (Wildman–Crippen LogP) is 4.59. The third-order valence-electron chi connectivity index (χ3n) is 6.35. The highest BCUT2D eigenvalue weighted by Gasteiger charge is 2.29. The Morgan fingerprint density at radius 3 is 2.54 bits per heavy atom. The SMILES string of the molecule is CC(=O)N1CCc2c(c(Nc3ccc(-c4cnn(C(=O)OC(C)(C)C)c4)cc3)nn2CC2CC2)C1. The third-order valence-corrected chi connectivity index (χ3v) is 6.35. The van der Waals surface area contributed by atoms with E-state index in [9.17, 15) is 9.59 Å². The molecule has 1 amide bonds. The number of ether oxygens (including phenoxy) is 1. The van der Waals surface area contributed by atoms with Gasteiger partial charge in [-0.15, -0.1) is 0 Å². The van der Waals surface area contributed by atoms with E-state index in [1.807, 2.05) is 49.9 Å². The smallest absolute Gasteiger partial charge is 0.435 e. The van der Waals surface area contributed by atoms with Gasteiger partial charge in [0.25, 0.3) is 0 Å². The second-order valence-electron chi connectivity index (χ2n) is 10.4. The van der Waals surface area contributed by atoms with Crippen LogP contribution in [0.4, 0.5) is 16.3 Å². The van der Waals surface area contributed by atoms with Crippen LogP contribution in [0.5, 0.6) is 0 Å². The quantitative estimate of drug-likeness (QED) is 0.579. The minimum atomic E-state index is -0.581. The Bertz CT molecular complexity index is 1250. The van der Waals surface area contributed by atoms with Gasteiger partial charge < -0.3 is 15.0 Å². The summed E-state index contributed by atoms with van der Waals surface area (Å²) in [7, 11) is 0. The van der Waals surface area contributed by atoms with Crippen LogP contribution >= 0.6 is 0 Å². The van der Waals surface area contributed by atoms with Gasteiger partial charge in [0.05, 0.1) is 12.7 Å². The Kier molecular flexibility index (Phi) is 5.86. The normalized spacial score (nSPS) is 15.6. The molecule has 1 N–H and O–H groups in total. The van der Waals surface area contributed by atoms with Crippen LogP contribution in [0.15, 0.2) is 36.7 Å². The van der Waals surface area contributed by atoms with Gasteiger partial charge in [-0.25, -0.2) is 4.79 Å². The van der Waals surface area contributed by atoms with Crippen LogP contribution in [0.2, 0.25) is 0 Å². The molecule has 0 atom stereocenters. The van der Waals surface area contributed by atoms with E-state index in [2.05, 4.69) is 15.1 Å². The largest absolute Gasteiger partial charge is 0.442 e.